The van der Waals surface area contributed by atoms with E-state index in [9.17, 15) is 0 Å². The van der Waals surface area contributed by atoms with Gasteiger partial charge in [0.25, 0.3) is 0 Å². The van der Waals surface area contributed by atoms with Crippen molar-refractivity contribution in [2.75, 3.05) is 10.8 Å². The summed E-state index contributed by atoms with van der Waals surface area (Å²) in [6, 6.07) is 0. The largest absolute Gasteiger partial charge is 0.102 e. The summed E-state index contributed by atoms with van der Waals surface area (Å²) < 4.78 is 0. The van der Waals surface area contributed by atoms with Gasteiger partial charge < -0.3 is 0 Å². The Morgan fingerprint density at radius 3 is 2.71 bits per heavy atom. The van der Waals surface area contributed by atoms with Crippen molar-refractivity contribution in [3.63, 3.8) is 0 Å². The molecule has 0 heterocycles. The van der Waals surface area contributed by atoms with Gasteiger partial charge in [-0.2, -0.15) is 0 Å². The van der Waals surface area contributed by atoms with Gasteiger partial charge in [0.05, 0.1) is 5.08 Å². The number of rotatable bonds is 4. The van der Waals surface area contributed by atoms with E-state index < -0.39 is 0 Å². The average Bonchev–Trinajstić information content (AvgIpc) is 1.69. The van der Waals surface area contributed by atoms with Gasteiger partial charge in [0.15, 0.2) is 0 Å². The summed E-state index contributed by atoms with van der Waals surface area (Å²) in [4.78, 5) is 0. The molecule has 0 bridgehead atoms. The Hall–Kier alpha value is 0.790. The summed E-state index contributed by atoms with van der Waals surface area (Å²) in [5.74, 6) is 1.00. The first-order valence-corrected chi connectivity index (χ1v) is 4.91. The molecule has 7 heavy (non-hydrogen) atoms. The van der Waals surface area contributed by atoms with Gasteiger partial charge in [-0.1, -0.05) is 40.3 Å². The van der Waals surface area contributed by atoms with E-state index in [1.54, 1.807) is 21.6 Å². The van der Waals surface area contributed by atoms with Gasteiger partial charge in [-0.05, 0) is 0 Å². The van der Waals surface area contributed by atoms with Crippen molar-refractivity contribution in [2.24, 2.45) is 0 Å². The zero-order chi connectivity index (χ0) is 5.54. The fourth-order valence-electron chi connectivity index (χ4n) is 0.130. The molecule has 0 aliphatic rings. The molecule has 0 aromatic heterocycles. The zero-order valence-electron chi connectivity index (χ0n) is 3.92. The van der Waals surface area contributed by atoms with Crippen molar-refractivity contribution in [1.29, 1.82) is 0 Å². The Kier molecular flexibility index (Phi) is 7.56. The molecule has 0 atom stereocenters. The fourth-order valence-corrected chi connectivity index (χ4v) is 1.78. The molecule has 0 unspecified atom stereocenters. The Labute approximate surface area is 57.9 Å². The molecule has 0 nitrogen and oxygen atoms in total. The van der Waals surface area contributed by atoms with E-state index >= 15 is 0 Å². The minimum Gasteiger partial charge on any atom is -0.102 e. The van der Waals surface area contributed by atoms with E-state index in [0.29, 0.717) is 0 Å². The first-order valence-electron chi connectivity index (χ1n) is 1.85. The van der Waals surface area contributed by atoms with Crippen molar-refractivity contribution in [2.45, 2.75) is 0 Å². The van der Waals surface area contributed by atoms with Crippen molar-refractivity contribution in [3.8, 4) is 0 Å². The van der Waals surface area contributed by atoms with Crippen LogP contribution in [0.1, 0.15) is 0 Å². The maximum absolute atomic E-state index is 4.67. The second kappa shape index (κ2) is 6.79. The molecule has 1 radical (unpaired) electrons. The van der Waals surface area contributed by atoms with Crippen molar-refractivity contribution < 1.29 is 0 Å². The van der Waals surface area contributed by atoms with Crippen LogP contribution in [0, 0.1) is 0 Å². The Morgan fingerprint density at radius 1 is 1.57 bits per heavy atom. The standard InChI is InChI=1S/C4H7S3/c1-2-3-6-7-4-5/h2H,1,3-4H2. The van der Waals surface area contributed by atoms with Crippen LogP contribution >= 0.6 is 34.2 Å². The molecule has 0 amide bonds. The summed E-state index contributed by atoms with van der Waals surface area (Å²) in [7, 11) is 3.44. The second-order valence-electron chi connectivity index (χ2n) is 0.809. The third-order valence-corrected chi connectivity index (χ3v) is 3.01. The molecule has 0 aromatic rings. The molecule has 0 aliphatic carbocycles. The van der Waals surface area contributed by atoms with Gasteiger partial charge in [-0.3, -0.25) is 0 Å². The topological polar surface area (TPSA) is 0 Å². The maximum Gasteiger partial charge on any atom is 0.0600 e. The van der Waals surface area contributed by atoms with Crippen LogP contribution in [-0.2, 0) is 0 Å². The zero-order valence-corrected chi connectivity index (χ0v) is 6.37. The van der Waals surface area contributed by atoms with E-state index in [0.717, 1.165) is 10.8 Å². The normalized spacial score (nSPS) is 8.71. The van der Waals surface area contributed by atoms with Gasteiger partial charge in [-0.15, -0.1) is 6.58 Å². The van der Waals surface area contributed by atoms with Crippen LogP contribution in [0.4, 0.5) is 0 Å². The highest BCUT2D eigenvalue weighted by atomic mass is 33.1. The monoisotopic (exact) mass is 151 g/mol. The molecular weight excluding hydrogens is 144 g/mol. The molecule has 0 fully saturated rings. The lowest BCUT2D eigenvalue weighted by molar-refractivity contribution is 1.84. The fraction of sp³-hybridized carbons (Fsp3) is 0.500. The average molecular weight is 151 g/mol. The summed E-state index contributed by atoms with van der Waals surface area (Å²) in [6.07, 6.45) is 1.88. The minimum atomic E-state index is 0.776. The quantitative estimate of drug-likeness (QED) is 0.344. The van der Waals surface area contributed by atoms with Crippen LogP contribution in [0.3, 0.4) is 0 Å². The highest BCUT2D eigenvalue weighted by molar-refractivity contribution is 8.77. The molecule has 41 valence electrons. The highest BCUT2D eigenvalue weighted by Gasteiger charge is 1.78. The van der Waals surface area contributed by atoms with Crippen LogP contribution in [-0.4, -0.2) is 10.8 Å². The first-order chi connectivity index (χ1) is 3.41. The lowest BCUT2D eigenvalue weighted by Gasteiger charge is -1.86. The Bertz CT molecular complexity index is 44.2. The van der Waals surface area contributed by atoms with Crippen LogP contribution in [0.2, 0.25) is 0 Å². The van der Waals surface area contributed by atoms with Crippen LogP contribution in [0.15, 0.2) is 12.7 Å². The van der Waals surface area contributed by atoms with E-state index in [1.165, 1.54) is 0 Å². The van der Waals surface area contributed by atoms with E-state index in [2.05, 4.69) is 19.2 Å². The summed E-state index contributed by atoms with van der Waals surface area (Å²) in [6.45, 7) is 3.56. The predicted octanol–water partition coefficient (Wildman–Crippen LogP) is 2.71. The SMILES string of the molecule is C=CCSSC[S]. The summed E-state index contributed by atoms with van der Waals surface area (Å²) >= 11 is 4.67. The molecular formula is C4H7S3. The van der Waals surface area contributed by atoms with Crippen LogP contribution < -0.4 is 0 Å². The van der Waals surface area contributed by atoms with Crippen LogP contribution in [0.25, 0.3) is 0 Å². The minimum absolute atomic E-state index is 0.776. The van der Waals surface area contributed by atoms with Crippen LogP contribution in [0.5, 0.6) is 0 Å². The van der Waals surface area contributed by atoms with Gasteiger partial charge in [0.1, 0.15) is 0 Å². The van der Waals surface area contributed by atoms with E-state index in [4.69, 9.17) is 0 Å². The Balaban J connectivity index is 2.56. The molecule has 0 saturated carbocycles. The van der Waals surface area contributed by atoms with E-state index in [-0.39, 0.29) is 0 Å². The third kappa shape index (κ3) is 6.79. The first kappa shape index (κ1) is 7.79. The van der Waals surface area contributed by atoms with E-state index in [1.807, 2.05) is 6.08 Å². The molecule has 0 N–H and O–H groups in total. The van der Waals surface area contributed by atoms with Gasteiger partial charge >= 0.3 is 0 Å². The molecule has 0 aliphatic heterocycles. The molecule has 0 rings (SSSR count). The highest BCUT2D eigenvalue weighted by Crippen LogP contribution is 2.20. The van der Waals surface area contributed by atoms with Gasteiger partial charge in [-0.25, -0.2) is 0 Å². The molecule has 3 heteroatoms. The smallest absolute Gasteiger partial charge is 0.0600 e. The molecule has 0 aromatic carbocycles. The predicted molar refractivity (Wildman–Crippen MR) is 42.7 cm³/mol. The van der Waals surface area contributed by atoms with Crippen molar-refractivity contribution >= 4 is 34.2 Å². The maximum atomic E-state index is 4.67. The second-order valence-corrected chi connectivity index (χ2v) is 3.97. The molecule has 0 spiro atoms. The van der Waals surface area contributed by atoms with Gasteiger partial charge in [0.2, 0.25) is 0 Å². The van der Waals surface area contributed by atoms with Gasteiger partial charge in [0, 0.05) is 5.75 Å². The van der Waals surface area contributed by atoms with Crippen molar-refractivity contribution in [3.05, 3.63) is 12.7 Å². The summed E-state index contributed by atoms with van der Waals surface area (Å²) in [5.41, 5.74) is 0. The number of hydrogen-bond donors (Lipinski definition) is 0. The third-order valence-electron chi connectivity index (χ3n) is 0.317. The lowest BCUT2D eigenvalue weighted by Crippen LogP contribution is -1.60. The van der Waals surface area contributed by atoms with Crippen molar-refractivity contribution in [1.82, 2.24) is 0 Å². The number of hydrogen-bond acceptors (Lipinski definition) is 2. The summed E-state index contributed by atoms with van der Waals surface area (Å²) in [5, 5.41) is 0.776. The lowest BCUT2D eigenvalue weighted by atomic mass is 10.8. The Morgan fingerprint density at radius 2 is 2.29 bits per heavy atom. The molecule has 0 saturated heterocycles.